The predicted octanol–water partition coefficient (Wildman–Crippen LogP) is 5.59. The van der Waals surface area contributed by atoms with Crippen molar-refractivity contribution in [3.05, 3.63) is 80.8 Å². The summed E-state index contributed by atoms with van der Waals surface area (Å²) in [6.45, 7) is 0. The molecule has 2 N–H and O–H groups in total. The molecule has 0 saturated heterocycles. The van der Waals surface area contributed by atoms with E-state index < -0.39 is 5.92 Å². The van der Waals surface area contributed by atoms with Crippen molar-refractivity contribution in [2.45, 2.75) is 18.1 Å². The zero-order chi connectivity index (χ0) is 22.0. The number of carbonyl (C=O) groups excluding carboxylic acids is 1. The normalized spacial score (nSPS) is 16.2. The number of nitrogens with one attached hydrogen (secondary N) is 1. The van der Waals surface area contributed by atoms with Gasteiger partial charge in [0.25, 0.3) is 0 Å². The monoisotopic (exact) mass is 494 g/mol. The van der Waals surface area contributed by atoms with E-state index in [2.05, 4.69) is 51.6 Å². The summed E-state index contributed by atoms with van der Waals surface area (Å²) in [6.07, 6.45) is 0.154. The van der Waals surface area contributed by atoms with Crippen LogP contribution in [0, 0.1) is 11.3 Å². The van der Waals surface area contributed by atoms with Crippen molar-refractivity contribution in [1.29, 1.82) is 5.26 Å². The van der Waals surface area contributed by atoms with Gasteiger partial charge in [-0.25, -0.2) is 0 Å². The summed E-state index contributed by atoms with van der Waals surface area (Å²) in [7, 11) is 1.46. The Labute approximate surface area is 192 Å². The van der Waals surface area contributed by atoms with E-state index in [1.165, 1.54) is 18.9 Å². The summed E-state index contributed by atoms with van der Waals surface area (Å²) >= 11 is 4.78. The number of phenolic OH excluding ortho intramolecular Hbond substituents is 1. The Bertz CT molecular complexity index is 1240. The largest absolute Gasteiger partial charge is 0.503 e. The molecule has 1 amide bonds. The quantitative estimate of drug-likeness (QED) is 0.483. The van der Waals surface area contributed by atoms with Crippen molar-refractivity contribution < 1.29 is 14.6 Å². The number of ether oxygens (including phenoxy) is 1. The number of allylic oxidation sites excluding steroid dienone is 1. The molecule has 1 aliphatic heterocycles. The van der Waals surface area contributed by atoms with E-state index in [0.717, 1.165) is 21.9 Å². The molecule has 0 aliphatic carbocycles. The van der Waals surface area contributed by atoms with E-state index in [-0.39, 0.29) is 23.8 Å². The van der Waals surface area contributed by atoms with Gasteiger partial charge in [-0.3, -0.25) is 4.79 Å². The van der Waals surface area contributed by atoms with Gasteiger partial charge < -0.3 is 15.2 Å². The van der Waals surface area contributed by atoms with Crippen LogP contribution in [0.4, 0.5) is 0 Å². The number of amides is 1. The highest BCUT2D eigenvalue weighted by Gasteiger charge is 2.30. The second-order valence-corrected chi connectivity index (χ2v) is 8.98. The highest BCUT2D eigenvalue weighted by molar-refractivity contribution is 9.10. The summed E-state index contributed by atoms with van der Waals surface area (Å²) in [5.41, 5.74) is 2.37. The van der Waals surface area contributed by atoms with Gasteiger partial charge in [0, 0.05) is 18.1 Å². The third-order valence-electron chi connectivity index (χ3n) is 5.28. The van der Waals surface area contributed by atoms with Crippen molar-refractivity contribution in [1.82, 2.24) is 5.32 Å². The molecule has 0 fully saturated rings. The molecule has 0 bridgehead atoms. The molecule has 0 saturated carbocycles. The number of rotatable bonds is 5. The highest BCUT2D eigenvalue weighted by atomic mass is 79.9. The third-order valence-corrected chi connectivity index (χ3v) is 6.95. The minimum absolute atomic E-state index is 0.0143. The Hall–Kier alpha value is -2.95. The number of hydrogen-bond acceptors (Lipinski definition) is 5. The number of halogens is 1. The minimum Gasteiger partial charge on any atom is -0.503 e. The molecule has 1 heterocycles. The lowest BCUT2D eigenvalue weighted by Gasteiger charge is -2.26. The Morgan fingerprint density at radius 1 is 1.26 bits per heavy atom. The number of thioether (sulfide) groups is 1. The number of aromatic hydroxyl groups is 1. The highest BCUT2D eigenvalue weighted by Crippen LogP contribution is 2.42. The number of methoxy groups -OCH3 is 1. The number of carbonyl (C=O) groups is 1. The minimum atomic E-state index is -0.417. The average Bonchev–Trinajstić information content (AvgIpc) is 2.78. The molecule has 3 aromatic rings. The number of hydrogen-bond donors (Lipinski definition) is 2. The van der Waals surface area contributed by atoms with Crippen molar-refractivity contribution >= 4 is 44.4 Å². The summed E-state index contributed by atoms with van der Waals surface area (Å²) < 4.78 is 5.70. The molecular formula is C24H19BrN2O3S. The van der Waals surface area contributed by atoms with Crippen molar-refractivity contribution in [2.75, 3.05) is 7.11 Å². The molecule has 0 spiro atoms. The van der Waals surface area contributed by atoms with Gasteiger partial charge in [-0.05, 0) is 50.0 Å². The molecule has 3 aromatic carbocycles. The van der Waals surface area contributed by atoms with Crippen LogP contribution in [-0.4, -0.2) is 18.1 Å². The number of fused-ring (bicyclic) bond motifs is 1. The lowest BCUT2D eigenvalue weighted by Crippen LogP contribution is -2.30. The first-order valence-electron chi connectivity index (χ1n) is 9.61. The van der Waals surface area contributed by atoms with Gasteiger partial charge in [-0.1, -0.05) is 42.5 Å². The van der Waals surface area contributed by atoms with Gasteiger partial charge in [0.15, 0.2) is 11.5 Å². The van der Waals surface area contributed by atoms with Crippen LogP contribution < -0.4 is 10.1 Å². The lowest BCUT2D eigenvalue weighted by molar-refractivity contribution is -0.120. The molecule has 0 aromatic heterocycles. The number of benzene rings is 3. The lowest BCUT2D eigenvalue weighted by atomic mass is 9.87. The fraction of sp³-hybridized carbons (Fsp3) is 0.167. The zero-order valence-corrected chi connectivity index (χ0v) is 19.1. The van der Waals surface area contributed by atoms with Crippen LogP contribution in [0.3, 0.4) is 0 Å². The maximum atomic E-state index is 12.5. The maximum absolute atomic E-state index is 12.5. The second kappa shape index (κ2) is 9.04. The van der Waals surface area contributed by atoms with Gasteiger partial charge in [0.1, 0.15) is 0 Å². The van der Waals surface area contributed by atoms with Crippen molar-refractivity contribution in [2.24, 2.45) is 0 Å². The molecule has 156 valence electrons. The molecular weight excluding hydrogens is 476 g/mol. The third kappa shape index (κ3) is 4.27. The van der Waals surface area contributed by atoms with Gasteiger partial charge in [0.05, 0.1) is 28.3 Å². The maximum Gasteiger partial charge on any atom is 0.225 e. The number of nitrogens with zero attached hydrogens (tertiary/aromatic N) is 1. The van der Waals surface area contributed by atoms with E-state index in [9.17, 15) is 15.2 Å². The van der Waals surface area contributed by atoms with Crippen LogP contribution in [0.1, 0.15) is 23.5 Å². The van der Waals surface area contributed by atoms with Crippen LogP contribution in [-0.2, 0) is 10.5 Å². The SMILES string of the molecule is COc1cc([C@@H]2CC(=O)NC(SCc3cccc4ccccc34)=C2C#N)cc(Br)c1O. The first kappa shape index (κ1) is 21.3. The molecule has 1 atom stereocenters. The molecule has 5 nitrogen and oxygen atoms in total. The van der Waals surface area contributed by atoms with Crippen LogP contribution in [0.5, 0.6) is 11.5 Å². The number of nitriles is 1. The first-order chi connectivity index (χ1) is 15.0. The fourth-order valence-corrected chi connectivity index (χ4v) is 5.28. The smallest absolute Gasteiger partial charge is 0.225 e. The second-order valence-electron chi connectivity index (χ2n) is 7.14. The molecule has 0 unspecified atom stereocenters. The summed E-state index contributed by atoms with van der Waals surface area (Å²) in [5, 5.41) is 25.8. The Kier molecular flexibility index (Phi) is 6.21. The van der Waals surface area contributed by atoms with Crippen LogP contribution >= 0.6 is 27.7 Å². The number of phenols is 1. The molecule has 7 heteroatoms. The van der Waals surface area contributed by atoms with Gasteiger partial charge in [-0.2, -0.15) is 5.26 Å². The van der Waals surface area contributed by atoms with Gasteiger partial charge >= 0.3 is 0 Å². The van der Waals surface area contributed by atoms with Gasteiger partial charge in [0.2, 0.25) is 5.91 Å². The van der Waals surface area contributed by atoms with E-state index >= 15 is 0 Å². The summed E-state index contributed by atoms with van der Waals surface area (Å²) in [6, 6.07) is 20.0. The average molecular weight is 495 g/mol. The van der Waals surface area contributed by atoms with Crippen molar-refractivity contribution in [3.63, 3.8) is 0 Å². The van der Waals surface area contributed by atoms with E-state index in [1.807, 2.05) is 18.2 Å². The molecule has 4 rings (SSSR count). The standard InChI is InChI=1S/C24H19BrN2O3S/c1-30-21-10-16(9-20(25)23(21)29)18-11-22(28)27-24(19(18)12-26)31-13-15-7-4-6-14-5-2-3-8-17(14)15/h2-10,18,29H,11,13H2,1H3,(H,27,28)/t18-/m0/s1. The molecule has 0 radical (unpaired) electrons. The van der Waals surface area contributed by atoms with E-state index in [4.69, 9.17) is 4.74 Å². The van der Waals surface area contributed by atoms with Crippen LogP contribution in [0.25, 0.3) is 10.8 Å². The topological polar surface area (TPSA) is 82.3 Å². The van der Waals surface area contributed by atoms with Gasteiger partial charge in [-0.15, -0.1) is 11.8 Å². The molecule has 1 aliphatic rings. The Morgan fingerprint density at radius 3 is 2.81 bits per heavy atom. The van der Waals surface area contributed by atoms with E-state index in [0.29, 0.717) is 20.8 Å². The Morgan fingerprint density at radius 2 is 2.03 bits per heavy atom. The predicted molar refractivity (Wildman–Crippen MR) is 126 cm³/mol. The summed E-state index contributed by atoms with van der Waals surface area (Å²) in [4.78, 5) is 12.5. The van der Waals surface area contributed by atoms with E-state index in [1.54, 1.807) is 12.1 Å². The fourth-order valence-electron chi connectivity index (χ4n) is 3.74. The van der Waals surface area contributed by atoms with Crippen LogP contribution in [0.15, 0.2) is 69.7 Å². The Balaban J connectivity index is 1.69. The zero-order valence-electron chi connectivity index (χ0n) is 16.7. The van der Waals surface area contributed by atoms with Crippen molar-refractivity contribution in [3.8, 4) is 17.6 Å². The first-order valence-corrected chi connectivity index (χ1v) is 11.4. The summed E-state index contributed by atoms with van der Waals surface area (Å²) in [5.74, 6) is 0.335. The molecule has 31 heavy (non-hydrogen) atoms. The van der Waals surface area contributed by atoms with Crippen LogP contribution in [0.2, 0.25) is 0 Å².